The van der Waals surface area contributed by atoms with Gasteiger partial charge in [0.15, 0.2) is 11.5 Å². The number of hydrogen-bond acceptors (Lipinski definition) is 5. The van der Waals surface area contributed by atoms with E-state index < -0.39 is 0 Å². The number of amides is 1. The first-order chi connectivity index (χ1) is 17.7. The number of carbonyl (C=O) groups is 1. The second kappa shape index (κ2) is 9.74. The van der Waals surface area contributed by atoms with E-state index in [0.29, 0.717) is 41.8 Å². The summed E-state index contributed by atoms with van der Waals surface area (Å²) in [5.74, 6) is 3.15. The first-order valence-corrected chi connectivity index (χ1v) is 12.6. The molecule has 1 saturated heterocycles. The first-order valence-electron chi connectivity index (χ1n) is 12.2. The molecule has 1 fully saturated rings. The van der Waals surface area contributed by atoms with Gasteiger partial charge in [-0.1, -0.05) is 35.9 Å². The molecule has 7 nitrogen and oxygen atoms in total. The van der Waals surface area contributed by atoms with Gasteiger partial charge in [0.1, 0.15) is 11.6 Å². The van der Waals surface area contributed by atoms with Crippen LogP contribution in [0.1, 0.15) is 31.0 Å². The van der Waals surface area contributed by atoms with Crippen molar-refractivity contribution in [3.05, 3.63) is 77.6 Å². The lowest BCUT2D eigenvalue weighted by molar-refractivity contribution is -0.117. The summed E-state index contributed by atoms with van der Waals surface area (Å²) >= 11 is 6.19. The summed E-state index contributed by atoms with van der Waals surface area (Å²) in [5.41, 5.74) is 2.87. The maximum atomic E-state index is 13.0. The normalized spacial score (nSPS) is 16.8. The number of ether oxygens (including phenoxy) is 3. The van der Waals surface area contributed by atoms with Gasteiger partial charge in [0.25, 0.3) is 0 Å². The van der Waals surface area contributed by atoms with Crippen molar-refractivity contribution in [3.8, 4) is 17.2 Å². The molecular weight excluding hydrogens is 478 g/mol. The van der Waals surface area contributed by atoms with Crippen LogP contribution in [0.25, 0.3) is 11.0 Å². The molecule has 4 aromatic rings. The number of anilines is 1. The first kappa shape index (κ1) is 22.7. The number of fused-ring (bicyclic) bond motifs is 2. The van der Waals surface area contributed by atoms with Crippen molar-refractivity contribution < 1.29 is 19.0 Å². The molecule has 2 aliphatic rings. The fourth-order valence-electron chi connectivity index (χ4n) is 4.94. The van der Waals surface area contributed by atoms with Gasteiger partial charge in [0.2, 0.25) is 12.7 Å². The van der Waals surface area contributed by atoms with Crippen LogP contribution in [0.2, 0.25) is 5.02 Å². The number of para-hydroxylation sites is 3. The van der Waals surface area contributed by atoms with Crippen LogP contribution in [-0.4, -0.2) is 35.4 Å². The van der Waals surface area contributed by atoms with Gasteiger partial charge in [-0.2, -0.15) is 0 Å². The third-order valence-electron chi connectivity index (χ3n) is 6.71. The minimum atomic E-state index is 0.00898. The van der Waals surface area contributed by atoms with E-state index in [0.717, 1.165) is 41.9 Å². The minimum absolute atomic E-state index is 0.00898. The van der Waals surface area contributed by atoms with Crippen molar-refractivity contribution in [1.82, 2.24) is 9.55 Å². The molecule has 1 atom stereocenters. The van der Waals surface area contributed by atoms with Gasteiger partial charge in [0.05, 0.1) is 22.7 Å². The molecule has 1 amide bonds. The molecule has 1 unspecified atom stereocenters. The summed E-state index contributed by atoms with van der Waals surface area (Å²) < 4.78 is 19.0. The molecule has 3 aromatic carbocycles. The number of aryl methyl sites for hydroxylation is 1. The van der Waals surface area contributed by atoms with E-state index in [1.165, 1.54) is 0 Å². The number of halogens is 1. The van der Waals surface area contributed by atoms with Gasteiger partial charge in [-0.3, -0.25) is 4.79 Å². The Labute approximate surface area is 214 Å². The molecule has 0 bridgehead atoms. The average molecular weight is 504 g/mol. The summed E-state index contributed by atoms with van der Waals surface area (Å²) in [4.78, 5) is 19.8. The molecule has 0 spiro atoms. The van der Waals surface area contributed by atoms with Crippen LogP contribution in [-0.2, 0) is 11.3 Å². The van der Waals surface area contributed by atoms with E-state index in [-0.39, 0.29) is 18.6 Å². The molecule has 0 saturated carbocycles. The van der Waals surface area contributed by atoms with E-state index >= 15 is 0 Å². The molecule has 0 aliphatic carbocycles. The van der Waals surface area contributed by atoms with Crippen molar-refractivity contribution in [2.45, 2.75) is 31.7 Å². The largest absolute Gasteiger partial charge is 0.492 e. The molecule has 184 valence electrons. The second-order valence-corrected chi connectivity index (χ2v) is 9.45. The van der Waals surface area contributed by atoms with Crippen molar-refractivity contribution in [1.29, 1.82) is 0 Å². The van der Waals surface area contributed by atoms with E-state index in [1.807, 2.05) is 65.6 Å². The number of carbonyl (C=O) groups excluding carboxylic acids is 1. The van der Waals surface area contributed by atoms with Gasteiger partial charge in [-0.15, -0.1) is 0 Å². The topological polar surface area (TPSA) is 65.8 Å². The van der Waals surface area contributed by atoms with Crippen LogP contribution in [0.4, 0.5) is 5.69 Å². The van der Waals surface area contributed by atoms with Crippen LogP contribution < -0.4 is 19.1 Å². The molecule has 3 heterocycles. The highest BCUT2D eigenvalue weighted by Gasteiger charge is 2.35. The number of nitrogens with zero attached hydrogens (tertiary/aromatic N) is 3. The molecule has 36 heavy (non-hydrogen) atoms. The second-order valence-electron chi connectivity index (χ2n) is 9.04. The Balaban J connectivity index is 1.17. The SMILES string of the molecule is O=C1CC(c2nc3ccccc3n2CCCCOc2ccccc2Cl)CN1c1ccc2c(c1)OCO2. The van der Waals surface area contributed by atoms with Crippen LogP contribution in [0.3, 0.4) is 0 Å². The molecule has 2 aliphatic heterocycles. The fraction of sp³-hybridized carbons (Fsp3) is 0.286. The van der Waals surface area contributed by atoms with Crippen LogP contribution >= 0.6 is 11.6 Å². The maximum absolute atomic E-state index is 13.0. The number of benzene rings is 3. The lowest BCUT2D eigenvalue weighted by Crippen LogP contribution is -2.24. The molecule has 0 radical (unpaired) electrons. The van der Waals surface area contributed by atoms with Crippen molar-refractivity contribution in [2.24, 2.45) is 0 Å². The number of unbranched alkanes of at least 4 members (excludes halogenated alkanes) is 1. The van der Waals surface area contributed by atoms with E-state index in [1.54, 1.807) is 0 Å². The van der Waals surface area contributed by atoms with E-state index in [2.05, 4.69) is 10.6 Å². The highest BCUT2D eigenvalue weighted by molar-refractivity contribution is 6.32. The van der Waals surface area contributed by atoms with Gasteiger partial charge in [-0.05, 0) is 49.2 Å². The lowest BCUT2D eigenvalue weighted by Gasteiger charge is -2.18. The zero-order valence-electron chi connectivity index (χ0n) is 19.7. The Bertz CT molecular complexity index is 1420. The van der Waals surface area contributed by atoms with E-state index in [9.17, 15) is 4.79 Å². The molecular formula is C28H26ClN3O4. The number of imidazole rings is 1. The van der Waals surface area contributed by atoms with E-state index in [4.69, 9.17) is 30.8 Å². The predicted octanol–water partition coefficient (Wildman–Crippen LogP) is 5.80. The standard InChI is InChI=1S/C28H26ClN3O4/c29-21-7-1-4-10-24(21)34-14-6-5-13-31-23-9-3-2-8-22(23)30-28(31)19-15-27(33)32(17-19)20-11-12-25-26(16-20)36-18-35-25/h1-4,7-12,16,19H,5-6,13-15,17-18H2. The monoisotopic (exact) mass is 503 g/mol. The fourth-order valence-corrected chi connectivity index (χ4v) is 5.13. The Hall–Kier alpha value is -3.71. The Kier molecular flexibility index (Phi) is 6.15. The van der Waals surface area contributed by atoms with Gasteiger partial charge < -0.3 is 23.7 Å². The van der Waals surface area contributed by atoms with Crippen LogP contribution in [0.15, 0.2) is 66.7 Å². The Morgan fingerprint density at radius 2 is 1.83 bits per heavy atom. The van der Waals surface area contributed by atoms with Crippen molar-refractivity contribution in [2.75, 3.05) is 24.8 Å². The maximum Gasteiger partial charge on any atom is 0.231 e. The molecule has 8 heteroatoms. The molecule has 0 N–H and O–H groups in total. The van der Waals surface area contributed by atoms with Gasteiger partial charge >= 0.3 is 0 Å². The molecule has 6 rings (SSSR count). The summed E-state index contributed by atoms with van der Waals surface area (Å²) in [5, 5.41) is 0.623. The lowest BCUT2D eigenvalue weighted by atomic mass is 10.1. The number of hydrogen-bond donors (Lipinski definition) is 0. The van der Waals surface area contributed by atoms with Gasteiger partial charge in [-0.25, -0.2) is 4.98 Å². The smallest absolute Gasteiger partial charge is 0.231 e. The van der Waals surface area contributed by atoms with Crippen LogP contribution in [0, 0.1) is 0 Å². The third-order valence-corrected chi connectivity index (χ3v) is 7.02. The highest BCUT2D eigenvalue weighted by Crippen LogP contribution is 2.39. The quantitative estimate of drug-likeness (QED) is 0.284. The number of rotatable bonds is 8. The summed E-state index contributed by atoms with van der Waals surface area (Å²) in [6.45, 7) is 2.18. The minimum Gasteiger partial charge on any atom is -0.492 e. The van der Waals surface area contributed by atoms with Gasteiger partial charge in [0, 0.05) is 37.2 Å². The zero-order chi connectivity index (χ0) is 24.5. The van der Waals surface area contributed by atoms with Crippen LogP contribution in [0.5, 0.6) is 17.2 Å². The summed E-state index contributed by atoms with van der Waals surface area (Å²) in [6.07, 6.45) is 2.22. The highest BCUT2D eigenvalue weighted by atomic mass is 35.5. The Morgan fingerprint density at radius 3 is 2.75 bits per heavy atom. The van der Waals surface area contributed by atoms with Crippen molar-refractivity contribution in [3.63, 3.8) is 0 Å². The Morgan fingerprint density at radius 1 is 1.00 bits per heavy atom. The van der Waals surface area contributed by atoms with Crippen molar-refractivity contribution >= 4 is 34.2 Å². The summed E-state index contributed by atoms with van der Waals surface area (Å²) in [7, 11) is 0. The number of aromatic nitrogens is 2. The average Bonchev–Trinajstić information content (AvgIpc) is 3.61. The third kappa shape index (κ3) is 4.35. The molecule has 1 aromatic heterocycles. The zero-order valence-corrected chi connectivity index (χ0v) is 20.5. The predicted molar refractivity (Wildman–Crippen MR) is 138 cm³/mol. The summed E-state index contributed by atoms with van der Waals surface area (Å²) in [6, 6.07) is 21.3.